The van der Waals surface area contributed by atoms with Gasteiger partial charge in [0.05, 0.1) is 4.22 Å². The minimum absolute atomic E-state index is 1.13. The van der Waals surface area contributed by atoms with Crippen molar-refractivity contribution in [2.75, 3.05) is 7.05 Å². The van der Waals surface area contributed by atoms with Gasteiger partial charge < -0.3 is 0 Å². The molecule has 0 saturated carbocycles. The third-order valence-electron chi connectivity index (χ3n) is 0.413. The fourth-order valence-electron chi connectivity index (χ4n) is 0.102. The van der Waals surface area contributed by atoms with E-state index in [1.807, 2.05) is 22.6 Å². The maximum atomic E-state index is 6.60. The molecule has 0 aliphatic carbocycles. The van der Waals surface area contributed by atoms with Gasteiger partial charge in [-0.3, -0.25) is 10.4 Å². The molecule has 0 aromatic carbocycles. The molecule has 1 N–H and O–H groups in total. The molecule has 0 atom stereocenters. The van der Waals surface area contributed by atoms with Crippen molar-refractivity contribution in [1.29, 1.82) is 5.41 Å². The number of hydrazone groups is 1. The van der Waals surface area contributed by atoms with Crippen LogP contribution >= 0.6 is 22.6 Å². The Morgan fingerprint density at radius 2 is 2.43 bits per heavy atom. The fourth-order valence-corrected chi connectivity index (χ4v) is 0.495. The second-order valence-corrected chi connectivity index (χ2v) is 1.47. The first kappa shape index (κ1) is 6.87. The lowest BCUT2D eigenvalue weighted by Gasteiger charge is -1.98. The molecule has 0 radical (unpaired) electrons. The van der Waals surface area contributed by atoms with E-state index in [9.17, 15) is 0 Å². The van der Waals surface area contributed by atoms with Crippen molar-refractivity contribution in [2.45, 2.75) is 0 Å². The number of nitrogens with zero attached hydrogens (tertiary/aromatic N) is 2. The molecule has 0 rings (SSSR count). The van der Waals surface area contributed by atoms with Gasteiger partial charge >= 0.3 is 0 Å². The van der Waals surface area contributed by atoms with E-state index in [2.05, 4.69) is 5.10 Å². The van der Waals surface area contributed by atoms with Gasteiger partial charge in [0.2, 0.25) is 0 Å². The molecule has 0 heterocycles. The van der Waals surface area contributed by atoms with E-state index in [4.69, 9.17) is 5.41 Å². The summed E-state index contributed by atoms with van der Waals surface area (Å²) in [5.74, 6) is 0. The summed E-state index contributed by atoms with van der Waals surface area (Å²) in [4.78, 5) is 0. The first-order chi connectivity index (χ1) is 3.31. The van der Waals surface area contributed by atoms with E-state index in [0.29, 0.717) is 0 Å². The van der Waals surface area contributed by atoms with E-state index in [1.165, 1.54) is 5.01 Å². The van der Waals surface area contributed by atoms with Crippen molar-refractivity contribution < 1.29 is 0 Å². The molecule has 40 valence electrons. The summed E-state index contributed by atoms with van der Waals surface area (Å²) in [6, 6.07) is 0. The smallest absolute Gasteiger partial charge is 0.102 e. The van der Waals surface area contributed by atoms with Gasteiger partial charge in [0.1, 0.15) is 6.34 Å². The van der Waals surface area contributed by atoms with E-state index in [1.54, 1.807) is 11.3 Å². The number of halogens is 1. The topological polar surface area (TPSA) is 39.5 Å². The van der Waals surface area contributed by atoms with E-state index < -0.39 is 0 Å². The Morgan fingerprint density at radius 3 is 2.57 bits per heavy atom. The van der Waals surface area contributed by atoms with Crippen LogP contribution in [0.15, 0.2) is 5.10 Å². The first-order valence-electron chi connectivity index (χ1n) is 1.67. The van der Waals surface area contributed by atoms with Crippen LogP contribution in [0.2, 0.25) is 0 Å². The van der Waals surface area contributed by atoms with Crippen LogP contribution in [-0.4, -0.2) is 22.6 Å². The van der Waals surface area contributed by atoms with Crippen molar-refractivity contribution in [2.24, 2.45) is 5.10 Å². The van der Waals surface area contributed by atoms with Crippen LogP contribution in [0.1, 0.15) is 0 Å². The van der Waals surface area contributed by atoms with Crippen molar-refractivity contribution in [3.05, 3.63) is 0 Å². The van der Waals surface area contributed by atoms with Crippen LogP contribution < -0.4 is 0 Å². The summed E-state index contributed by atoms with van der Waals surface area (Å²) >= 11 is 1.99. The van der Waals surface area contributed by atoms with Gasteiger partial charge in [-0.1, -0.05) is 0 Å². The minimum atomic E-state index is 1.13. The van der Waals surface area contributed by atoms with Gasteiger partial charge in [-0.05, 0) is 22.6 Å². The van der Waals surface area contributed by atoms with Gasteiger partial charge in [0, 0.05) is 7.05 Å². The molecule has 0 aliphatic rings. The lowest BCUT2D eigenvalue weighted by Crippen LogP contribution is -2.05. The number of nitrogens with one attached hydrogen (secondary N) is 1. The predicted molar refractivity (Wildman–Crippen MR) is 39.1 cm³/mol. The maximum Gasteiger partial charge on any atom is 0.102 e. The molecule has 0 bridgehead atoms. The van der Waals surface area contributed by atoms with Gasteiger partial charge in [-0.2, -0.15) is 5.10 Å². The molecule has 7 heavy (non-hydrogen) atoms. The summed E-state index contributed by atoms with van der Waals surface area (Å²) in [5.41, 5.74) is 0. The summed E-state index contributed by atoms with van der Waals surface area (Å²) < 4.78 is 1.60. The van der Waals surface area contributed by atoms with Crippen molar-refractivity contribution in [1.82, 2.24) is 5.01 Å². The lowest BCUT2D eigenvalue weighted by molar-refractivity contribution is 0.563. The first-order valence-corrected chi connectivity index (χ1v) is 2.92. The molecular weight excluding hydrogens is 205 g/mol. The Balaban J connectivity index is 3.35. The molecule has 3 nitrogen and oxygen atoms in total. The third-order valence-corrected chi connectivity index (χ3v) is 0.662. The lowest BCUT2D eigenvalue weighted by atomic mass is 11.1. The number of hydrogen-bond donors (Lipinski definition) is 1. The second kappa shape index (κ2) is 4.04. The molecule has 0 aromatic rings. The SMILES string of the molecule is CN(C=N)/N=C\I. The molecule has 0 aliphatic heterocycles. The summed E-state index contributed by atoms with van der Waals surface area (Å²) in [6.07, 6.45) is 1.13. The Kier molecular flexibility index (Phi) is 3.97. The van der Waals surface area contributed by atoms with E-state index >= 15 is 0 Å². The minimum Gasteiger partial charge on any atom is -0.290 e. The average Bonchev–Trinajstić information content (AvgIpc) is 1.68. The summed E-state index contributed by atoms with van der Waals surface area (Å²) in [6.45, 7) is 0. The standard InChI is InChI=1S/C3H6IN3/c1-7(3-5)6-2-4/h2-3,5H,1H3/b5-3?,6-2-. The Hall–Kier alpha value is -0.130. The van der Waals surface area contributed by atoms with Crippen LogP contribution in [0.5, 0.6) is 0 Å². The quantitative estimate of drug-likeness (QED) is 0.313. The van der Waals surface area contributed by atoms with Gasteiger partial charge in [0.25, 0.3) is 0 Å². The van der Waals surface area contributed by atoms with Crippen LogP contribution in [-0.2, 0) is 0 Å². The molecule has 4 heteroatoms. The van der Waals surface area contributed by atoms with Gasteiger partial charge in [0.15, 0.2) is 0 Å². The predicted octanol–water partition coefficient (Wildman–Crippen LogP) is 0.904. The van der Waals surface area contributed by atoms with E-state index in [-0.39, 0.29) is 0 Å². The Labute approximate surface area is 56.0 Å². The summed E-state index contributed by atoms with van der Waals surface area (Å²) in [5, 5.41) is 11.7. The number of rotatable bonds is 2. The van der Waals surface area contributed by atoms with Crippen molar-refractivity contribution in [3.8, 4) is 0 Å². The highest BCUT2D eigenvalue weighted by Gasteiger charge is 1.74. The average molecular weight is 211 g/mol. The zero-order valence-corrected chi connectivity index (χ0v) is 6.08. The van der Waals surface area contributed by atoms with Crippen LogP contribution in [0.3, 0.4) is 0 Å². The molecular formula is C3H6IN3. The highest BCUT2D eigenvalue weighted by Crippen LogP contribution is 1.76. The maximum absolute atomic E-state index is 6.60. The van der Waals surface area contributed by atoms with Crippen LogP contribution in [0.4, 0.5) is 0 Å². The van der Waals surface area contributed by atoms with Crippen molar-refractivity contribution in [3.63, 3.8) is 0 Å². The molecule has 0 spiro atoms. The second-order valence-electron chi connectivity index (χ2n) is 0.916. The Morgan fingerprint density at radius 1 is 1.86 bits per heavy atom. The highest BCUT2D eigenvalue weighted by atomic mass is 127. The number of hydrogen-bond acceptors (Lipinski definition) is 2. The molecule has 0 aromatic heterocycles. The normalized spacial score (nSPS) is 9.43. The van der Waals surface area contributed by atoms with Crippen molar-refractivity contribution >= 4 is 33.2 Å². The van der Waals surface area contributed by atoms with Crippen LogP contribution in [0, 0.1) is 5.41 Å². The third kappa shape index (κ3) is 3.71. The zero-order chi connectivity index (χ0) is 5.70. The fraction of sp³-hybridized carbons (Fsp3) is 0.333. The monoisotopic (exact) mass is 211 g/mol. The van der Waals surface area contributed by atoms with E-state index in [0.717, 1.165) is 6.34 Å². The van der Waals surface area contributed by atoms with Gasteiger partial charge in [-0.25, -0.2) is 0 Å². The largest absolute Gasteiger partial charge is 0.290 e. The molecule has 0 saturated heterocycles. The van der Waals surface area contributed by atoms with Crippen LogP contribution in [0.25, 0.3) is 0 Å². The zero-order valence-electron chi connectivity index (χ0n) is 3.93. The molecule has 0 amide bonds. The molecule has 0 unspecified atom stereocenters. The van der Waals surface area contributed by atoms with Gasteiger partial charge in [-0.15, -0.1) is 0 Å². The Bertz CT molecular complexity index is 80.2. The molecule has 0 fully saturated rings. The highest BCUT2D eigenvalue weighted by molar-refractivity contribution is 14.1. The summed E-state index contributed by atoms with van der Waals surface area (Å²) in [7, 11) is 1.70.